The molecule has 0 spiro atoms. The molecule has 2 bridgehead atoms. The molecule has 6 heteroatoms. The third kappa shape index (κ3) is 3.32. The zero-order valence-electron chi connectivity index (χ0n) is 14.9. The van der Waals surface area contributed by atoms with E-state index in [-0.39, 0.29) is 28.7 Å². The highest BCUT2D eigenvalue weighted by Gasteiger charge is 2.71. The Morgan fingerprint density at radius 2 is 1.67 bits per heavy atom. The van der Waals surface area contributed by atoms with E-state index in [2.05, 4.69) is 10.6 Å². The van der Waals surface area contributed by atoms with Gasteiger partial charge in [0.15, 0.2) is 0 Å². The van der Waals surface area contributed by atoms with Crippen molar-refractivity contribution in [2.75, 3.05) is 5.32 Å². The number of amides is 2. The van der Waals surface area contributed by atoms with Gasteiger partial charge in [0.2, 0.25) is 5.91 Å². The number of nitrogens with one attached hydrogen (secondary N) is 2. The Hall–Kier alpha value is -2.04. The number of halogens is 2. The summed E-state index contributed by atoms with van der Waals surface area (Å²) in [5.74, 6) is -0.214. The molecule has 0 aliphatic heterocycles. The molecule has 3 aliphatic rings. The first-order chi connectivity index (χ1) is 12.8. The van der Waals surface area contributed by atoms with Crippen molar-refractivity contribution >= 4 is 40.7 Å². The fraction of sp³-hybridized carbons (Fsp3) is 0.333. The van der Waals surface area contributed by atoms with Crippen molar-refractivity contribution in [2.45, 2.75) is 31.7 Å². The third-order valence-corrected chi connectivity index (χ3v) is 6.45. The van der Waals surface area contributed by atoms with E-state index in [4.69, 9.17) is 23.2 Å². The summed E-state index contributed by atoms with van der Waals surface area (Å²) in [5, 5.41) is 7.27. The molecule has 140 valence electrons. The van der Waals surface area contributed by atoms with E-state index in [0.29, 0.717) is 15.6 Å². The molecule has 5 rings (SSSR count). The van der Waals surface area contributed by atoms with Gasteiger partial charge in [-0.25, -0.2) is 0 Å². The smallest absolute Gasteiger partial charge is 0.251 e. The molecule has 2 aromatic rings. The lowest BCUT2D eigenvalue weighted by atomic mass is 9.36. The number of benzene rings is 2. The Morgan fingerprint density at radius 3 is 2.30 bits per heavy atom. The van der Waals surface area contributed by atoms with E-state index in [0.717, 1.165) is 24.9 Å². The van der Waals surface area contributed by atoms with Gasteiger partial charge in [-0.3, -0.25) is 9.59 Å². The first-order valence-corrected chi connectivity index (χ1v) is 9.71. The van der Waals surface area contributed by atoms with Gasteiger partial charge < -0.3 is 10.6 Å². The minimum Gasteiger partial charge on any atom is -0.347 e. The standard InChI is InChI=1S/C21H20Cl2N2O2/c1-13(18(26)24-17-7-5-15(22)6-8-17)20-10-21(11-20,12-20)25-19(27)14-3-2-4-16(23)9-14/h2-9,13H,10-12H2,1H3,(H,24,26)(H,25,27)/t13-,20?,21?/m0/s1. The highest BCUT2D eigenvalue weighted by atomic mass is 35.5. The summed E-state index contributed by atoms with van der Waals surface area (Å²) in [4.78, 5) is 25.0. The topological polar surface area (TPSA) is 58.2 Å². The van der Waals surface area contributed by atoms with Crippen LogP contribution in [0.1, 0.15) is 36.5 Å². The number of hydrogen-bond acceptors (Lipinski definition) is 2. The van der Waals surface area contributed by atoms with E-state index >= 15 is 0 Å². The van der Waals surface area contributed by atoms with Crippen molar-refractivity contribution in [3.8, 4) is 0 Å². The van der Waals surface area contributed by atoms with Crippen molar-refractivity contribution in [1.82, 2.24) is 5.32 Å². The third-order valence-electron chi connectivity index (χ3n) is 5.96. The molecule has 0 unspecified atom stereocenters. The van der Waals surface area contributed by atoms with Crippen LogP contribution in [0.15, 0.2) is 48.5 Å². The van der Waals surface area contributed by atoms with Gasteiger partial charge in [-0.15, -0.1) is 0 Å². The average Bonchev–Trinajstić information content (AvgIpc) is 2.58. The van der Waals surface area contributed by atoms with Crippen molar-refractivity contribution < 1.29 is 9.59 Å². The summed E-state index contributed by atoms with van der Waals surface area (Å²) >= 11 is 11.8. The molecule has 2 aromatic carbocycles. The maximum absolute atomic E-state index is 12.6. The maximum atomic E-state index is 12.6. The number of rotatable bonds is 5. The molecule has 27 heavy (non-hydrogen) atoms. The van der Waals surface area contributed by atoms with Crippen LogP contribution < -0.4 is 10.6 Å². The first-order valence-electron chi connectivity index (χ1n) is 8.95. The minimum atomic E-state index is -0.172. The molecule has 1 atom stereocenters. The SMILES string of the molecule is C[C@@H](C(=O)Nc1ccc(Cl)cc1)C12CC(NC(=O)c3cccc(Cl)c3)(C1)C2. The van der Waals surface area contributed by atoms with Crippen LogP contribution in [-0.4, -0.2) is 17.4 Å². The lowest BCUT2D eigenvalue weighted by Gasteiger charge is -2.72. The molecule has 4 nitrogen and oxygen atoms in total. The van der Waals surface area contributed by atoms with Gasteiger partial charge in [-0.05, 0) is 67.1 Å². The molecule has 3 saturated carbocycles. The Balaban J connectivity index is 1.33. The summed E-state index contributed by atoms with van der Waals surface area (Å²) in [5.41, 5.74) is 1.12. The normalized spacial score (nSPS) is 26.3. The van der Waals surface area contributed by atoms with Crippen molar-refractivity contribution in [3.63, 3.8) is 0 Å². The summed E-state index contributed by atoms with van der Waals surface area (Å²) in [6.07, 6.45) is 2.50. The monoisotopic (exact) mass is 402 g/mol. The molecule has 2 amide bonds. The van der Waals surface area contributed by atoms with E-state index < -0.39 is 0 Å². The van der Waals surface area contributed by atoms with Crippen LogP contribution in [0.4, 0.5) is 5.69 Å². The van der Waals surface area contributed by atoms with Crippen LogP contribution in [0.25, 0.3) is 0 Å². The quantitative estimate of drug-likeness (QED) is 0.745. The van der Waals surface area contributed by atoms with E-state index in [9.17, 15) is 9.59 Å². The van der Waals surface area contributed by atoms with Crippen LogP contribution in [0.2, 0.25) is 10.0 Å². The highest BCUT2D eigenvalue weighted by Crippen LogP contribution is 2.70. The number of carbonyl (C=O) groups excluding carboxylic acids is 2. The van der Waals surface area contributed by atoms with Gasteiger partial charge in [0, 0.05) is 32.8 Å². The second kappa shape index (κ2) is 6.54. The number of hydrogen-bond donors (Lipinski definition) is 2. The Labute approximate surface area is 168 Å². The Kier molecular flexibility index (Phi) is 4.44. The van der Waals surface area contributed by atoms with E-state index in [1.54, 1.807) is 48.5 Å². The van der Waals surface area contributed by atoms with Gasteiger partial charge in [0.25, 0.3) is 5.91 Å². The summed E-state index contributed by atoms with van der Waals surface area (Å²) in [7, 11) is 0. The van der Waals surface area contributed by atoms with Crippen LogP contribution in [0.3, 0.4) is 0 Å². The minimum absolute atomic E-state index is 0.00629. The van der Waals surface area contributed by atoms with Crippen LogP contribution in [0.5, 0.6) is 0 Å². The second-order valence-corrected chi connectivity index (χ2v) is 8.73. The molecule has 0 saturated heterocycles. The van der Waals surface area contributed by atoms with E-state index in [1.807, 2.05) is 6.92 Å². The van der Waals surface area contributed by atoms with Gasteiger partial charge >= 0.3 is 0 Å². The highest BCUT2D eigenvalue weighted by molar-refractivity contribution is 6.31. The van der Waals surface area contributed by atoms with Crippen LogP contribution in [0, 0.1) is 11.3 Å². The van der Waals surface area contributed by atoms with Crippen molar-refractivity contribution in [3.05, 3.63) is 64.1 Å². The zero-order valence-corrected chi connectivity index (χ0v) is 16.4. The van der Waals surface area contributed by atoms with Crippen LogP contribution >= 0.6 is 23.2 Å². The first kappa shape index (κ1) is 18.3. The number of carbonyl (C=O) groups is 2. The average molecular weight is 403 g/mol. The fourth-order valence-electron chi connectivity index (χ4n) is 4.46. The summed E-state index contributed by atoms with van der Waals surface area (Å²) in [6, 6.07) is 14.0. The molecular formula is C21H20Cl2N2O2. The molecule has 2 N–H and O–H groups in total. The lowest BCUT2D eigenvalue weighted by molar-refractivity contribution is -0.184. The molecule has 0 heterocycles. The van der Waals surface area contributed by atoms with Crippen LogP contribution in [-0.2, 0) is 4.79 Å². The van der Waals surface area contributed by atoms with Gasteiger partial charge in [-0.1, -0.05) is 36.2 Å². The van der Waals surface area contributed by atoms with E-state index in [1.165, 1.54) is 0 Å². The summed E-state index contributed by atoms with van der Waals surface area (Å²) < 4.78 is 0. The number of anilines is 1. The predicted octanol–water partition coefficient (Wildman–Crippen LogP) is 4.92. The van der Waals surface area contributed by atoms with Gasteiger partial charge in [0.05, 0.1) is 0 Å². The molecular weight excluding hydrogens is 383 g/mol. The maximum Gasteiger partial charge on any atom is 0.251 e. The van der Waals surface area contributed by atoms with Crippen molar-refractivity contribution in [1.29, 1.82) is 0 Å². The lowest BCUT2D eigenvalue weighted by Crippen LogP contribution is -2.77. The fourth-order valence-corrected chi connectivity index (χ4v) is 4.78. The zero-order chi connectivity index (χ0) is 19.2. The molecule has 0 aromatic heterocycles. The summed E-state index contributed by atoms with van der Waals surface area (Å²) in [6.45, 7) is 1.97. The largest absolute Gasteiger partial charge is 0.347 e. The predicted molar refractivity (Wildman–Crippen MR) is 107 cm³/mol. The Morgan fingerprint density at radius 1 is 1.00 bits per heavy atom. The molecule has 3 aliphatic carbocycles. The molecule has 0 radical (unpaired) electrons. The molecule has 3 fully saturated rings. The Bertz CT molecular complexity index is 891. The van der Waals surface area contributed by atoms with Gasteiger partial charge in [0.1, 0.15) is 0 Å². The van der Waals surface area contributed by atoms with Crippen molar-refractivity contribution in [2.24, 2.45) is 11.3 Å². The second-order valence-electron chi connectivity index (χ2n) is 7.86. The van der Waals surface area contributed by atoms with Gasteiger partial charge in [-0.2, -0.15) is 0 Å².